The molecule has 0 amide bonds. The van der Waals surface area contributed by atoms with Crippen LogP contribution in [-0.2, 0) is 6.42 Å². The third-order valence-corrected chi connectivity index (χ3v) is 3.01. The van der Waals surface area contributed by atoms with Gasteiger partial charge in [-0.25, -0.2) is 8.78 Å². The van der Waals surface area contributed by atoms with Crippen LogP contribution in [0.25, 0.3) is 11.1 Å². The fourth-order valence-electron chi connectivity index (χ4n) is 2.02. The molecule has 1 nitrogen and oxygen atoms in total. The van der Waals surface area contributed by atoms with Crippen molar-refractivity contribution in [1.29, 1.82) is 0 Å². The van der Waals surface area contributed by atoms with Gasteiger partial charge in [-0.3, -0.25) is 0 Å². The number of rotatable bonds is 4. The van der Waals surface area contributed by atoms with Crippen LogP contribution < -0.4 is 5.73 Å². The predicted octanol–water partition coefficient (Wildman–Crippen LogP) is 3.91. The highest BCUT2D eigenvalue weighted by molar-refractivity contribution is 5.64. The quantitative estimate of drug-likeness (QED) is 0.887. The second-order valence-electron chi connectivity index (χ2n) is 4.87. The van der Waals surface area contributed by atoms with E-state index in [2.05, 4.69) is 0 Å². The van der Waals surface area contributed by atoms with Crippen LogP contribution in [0.1, 0.15) is 18.9 Å². The van der Waals surface area contributed by atoms with Crippen molar-refractivity contribution >= 4 is 0 Å². The van der Waals surface area contributed by atoms with Gasteiger partial charge in [-0.05, 0) is 48.6 Å². The zero-order chi connectivity index (χ0) is 13.8. The van der Waals surface area contributed by atoms with Gasteiger partial charge in [0.15, 0.2) is 0 Å². The standard InChI is InChI=1S/C16H17F2N/c1-11(19)5-6-12-3-2-4-13(7-12)14-8-15(17)10-16(18)9-14/h2-4,7-11H,5-6,19H2,1H3. The molecule has 0 saturated carbocycles. The van der Waals surface area contributed by atoms with Crippen LogP contribution in [0.3, 0.4) is 0 Å². The minimum atomic E-state index is -0.559. The summed E-state index contributed by atoms with van der Waals surface area (Å²) < 4.78 is 26.4. The second kappa shape index (κ2) is 5.93. The van der Waals surface area contributed by atoms with E-state index in [4.69, 9.17) is 5.73 Å². The van der Waals surface area contributed by atoms with E-state index >= 15 is 0 Å². The van der Waals surface area contributed by atoms with Crippen LogP contribution in [-0.4, -0.2) is 6.04 Å². The molecule has 2 N–H and O–H groups in total. The van der Waals surface area contributed by atoms with Crippen molar-refractivity contribution in [3.63, 3.8) is 0 Å². The van der Waals surface area contributed by atoms with E-state index in [9.17, 15) is 8.78 Å². The molecule has 1 unspecified atom stereocenters. The summed E-state index contributed by atoms with van der Waals surface area (Å²) in [5.41, 5.74) is 8.23. The summed E-state index contributed by atoms with van der Waals surface area (Å²) >= 11 is 0. The molecule has 0 aliphatic carbocycles. The van der Waals surface area contributed by atoms with Gasteiger partial charge < -0.3 is 5.73 Å². The zero-order valence-electron chi connectivity index (χ0n) is 10.9. The molecule has 0 aliphatic heterocycles. The summed E-state index contributed by atoms with van der Waals surface area (Å²) in [5.74, 6) is -1.12. The van der Waals surface area contributed by atoms with Crippen molar-refractivity contribution in [2.45, 2.75) is 25.8 Å². The first kappa shape index (κ1) is 13.7. The van der Waals surface area contributed by atoms with Gasteiger partial charge in [-0.1, -0.05) is 24.3 Å². The van der Waals surface area contributed by atoms with Crippen LogP contribution in [0.15, 0.2) is 42.5 Å². The van der Waals surface area contributed by atoms with Crippen LogP contribution in [0.5, 0.6) is 0 Å². The molecule has 0 bridgehead atoms. The second-order valence-corrected chi connectivity index (χ2v) is 4.87. The molecule has 19 heavy (non-hydrogen) atoms. The average Bonchev–Trinajstić information content (AvgIpc) is 2.35. The Bertz CT molecular complexity index is 544. The van der Waals surface area contributed by atoms with Gasteiger partial charge in [0, 0.05) is 12.1 Å². The lowest BCUT2D eigenvalue weighted by Gasteiger charge is -2.08. The summed E-state index contributed by atoms with van der Waals surface area (Å²) in [5, 5.41) is 0. The molecule has 0 heterocycles. The largest absolute Gasteiger partial charge is 0.328 e. The Morgan fingerprint density at radius 2 is 1.68 bits per heavy atom. The molecule has 1 atom stereocenters. The lowest BCUT2D eigenvalue weighted by atomic mass is 10.00. The smallest absolute Gasteiger partial charge is 0.126 e. The van der Waals surface area contributed by atoms with E-state index in [1.54, 1.807) is 0 Å². The van der Waals surface area contributed by atoms with E-state index in [1.807, 2.05) is 31.2 Å². The molecule has 3 heteroatoms. The molecule has 2 aromatic rings. The zero-order valence-corrected chi connectivity index (χ0v) is 10.9. The third-order valence-electron chi connectivity index (χ3n) is 3.01. The lowest BCUT2D eigenvalue weighted by molar-refractivity contribution is 0.584. The lowest BCUT2D eigenvalue weighted by Crippen LogP contribution is -2.15. The molecule has 2 aromatic carbocycles. The van der Waals surface area contributed by atoms with E-state index in [-0.39, 0.29) is 6.04 Å². The van der Waals surface area contributed by atoms with Crippen LogP contribution in [0, 0.1) is 11.6 Å². The van der Waals surface area contributed by atoms with Crippen LogP contribution >= 0.6 is 0 Å². The number of aryl methyl sites for hydroxylation is 1. The highest BCUT2D eigenvalue weighted by Gasteiger charge is 2.04. The molecular formula is C16H17F2N. The maximum atomic E-state index is 13.2. The Balaban J connectivity index is 2.27. The van der Waals surface area contributed by atoms with Crippen molar-refractivity contribution in [3.05, 3.63) is 59.7 Å². The molecule has 0 spiro atoms. The van der Waals surface area contributed by atoms with Crippen molar-refractivity contribution in [3.8, 4) is 11.1 Å². The Kier molecular flexibility index (Phi) is 4.27. The number of halogens is 2. The molecule has 0 radical (unpaired) electrons. The van der Waals surface area contributed by atoms with Gasteiger partial charge >= 0.3 is 0 Å². The first-order valence-corrected chi connectivity index (χ1v) is 6.35. The number of hydrogen-bond donors (Lipinski definition) is 1. The number of nitrogens with two attached hydrogens (primary N) is 1. The highest BCUT2D eigenvalue weighted by atomic mass is 19.1. The van der Waals surface area contributed by atoms with E-state index in [0.29, 0.717) is 5.56 Å². The van der Waals surface area contributed by atoms with Crippen molar-refractivity contribution in [2.75, 3.05) is 0 Å². The molecule has 0 fully saturated rings. The van der Waals surface area contributed by atoms with Crippen LogP contribution in [0.4, 0.5) is 8.78 Å². The van der Waals surface area contributed by atoms with E-state index in [0.717, 1.165) is 30.0 Å². The Morgan fingerprint density at radius 3 is 2.32 bits per heavy atom. The summed E-state index contributed by atoms with van der Waals surface area (Å²) in [6, 6.07) is 11.4. The van der Waals surface area contributed by atoms with Crippen molar-refractivity contribution in [1.82, 2.24) is 0 Å². The Labute approximate surface area is 112 Å². The molecule has 0 aliphatic rings. The van der Waals surface area contributed by atoms with Crippen LogP contribution in [0.2, 0.25) is 0 Å². The van der Waals surface area contributed by atoms with Crippen molar-refractivity contribution < 1.29 is 8.78 Å². The minimum absolute atomic E-state index is 0.148. The maximum Gasteiger partial charge on any atom is 0.126 e. The minimum Gasteiger partial charge on any atom is -0.328 e. The van der Waals surface area contributed by atoms with E-state index in [1.165, 1.54) is 12.1 Å². The summed E-state index contributed by atoms with van der Waals surface area (Å²) in [6.07, 6.45) is 1.75. The molecular weight excluding hydrogens is 244 g/mol. The van der Waals surface area contributed by atoms with Gasteiger partial charge in [-0.2, -0.15) is 0 Å². The SMILES string of the molecule is CC(N)CCc1cccc(-c2cc(F)cc(F)c2)c1. The fraction of sp³-hybridized carbons (Fsp3) is 0.250. The number of benzene rings is 2. The highest BCUT2D eigenvalue weighted by Crippen LogP contribution is 2.23. The predicted molar refractivity (Wildman–Crippen MR) is 73.8 cm³/mol. The Morgan fingerprint density at radius 1 is 1.00 bits per heavy atom. The normalized spacial score (nSPS) is 12.4. The first-order chi connectivity index (χ1) is 9.04. The van der Waals surface area contributed by atoms with Crippen molar-refractivity contribution in [2.24, 2.45) is 5.73 Å². The molecule has 0 aromatic heterocycles. The Hall–Kier alpha value is -1.74. The average molecular weight is 261 g/mol. The van der Waals surface area contributed by atoms with E-state index < -0.39 is 11.6 Å². The first-order valence-electron chi connectivity index (χ1n) is 6.35. The molecule has 100 valence electrons. The van der Waals surface area contributed by atoms with Gasteiger partial charge in [0.2, 0.25) is 0 Å². The molecule has 2 rings (SSSR count). The third kappa shape index (κ3) is 3.86. The summed E-state index contributed by atoms with van der Waals surface area (Å²) in [4.78, 5) is 0. The summed E-state index contributed by atoms with van der Waals surface area (Å²) in [7, 11) is 0. The number of hydrogen-bond acceptors (Lipinski definition) is 1. The summed E-state index contributed by atoms with van der Waals surface area (Å²) in [6.45, 7) is 1.96. The van der Waals surface area contributed by atoms with Gasteiger partial charge in [-0.15, -0.1) is 0 Å². The monoisotopic (exact) mass is 261 g/mol. The maximum absolute atomic E-state index is 13.2. The molecule has 0 saturated heterocycles. The van der Waals surface area contributed by atoms with Gasteiger partial charge in [0.1, 0.15) is 11.6 Å². The van der Waals surface area contributed by atoms with Gasteiger partial charge in [0.25, 0.3) is 0 Å². The van der Waals surface area contributed by atoms with Gasteiger partial charge in [0.05, 0.1) is 0 Å². The fourth-order valence-corrected chi connectivity index (χ4v) is 2.02. The topological polar surface area (TPSA) is 26.0 Å².